The summed E-state index contributed by atoms with van der Waals surface area (Å²) in [6, 6.07) is 2.43. The Hall–Kier alpha value is -1.15. The van der Waals surface area contributed by atoms with Crippen LogP contribution >= 0.6 is 0 Å². The molecule has 1 rings (SSSR count). The van der Waals surface area contributed by atoms with Crippen LogP contribution in [-0.2, 0) is 0 Å². The molecule has 0 aromatic carbocycles. The van der Waals surface area contributed by atoms with Gasteiger partial charge >= 0.3 is 0 Å². The maximum Gasteiger partial charge on any atom is 0.0375 e. The van der Waals surface area contributed by atoms with Gasteiger partial charge in [0.15, 0.2) is 0 Å². The van der Waals surface area contributed by atoms with Crippen LogP contribution in [0, 0.1) is 6.92 Å². The van der Waals surface area contributed by atoms with E-state index >= 15 is 0 Å². The number of nitrogens with zero attached hydrogens (tertiary/aromatic N) is 1. The van der Waals surface area contributed by atoms with Gasteiger partial charge in [0.25, 0.3) is 0 Å². The summed E-state index contributed by atoms with van der Waals surface area (Å²) in [4.78, 5) is 4.24. The predicted octanol–water partition coefficient (Wildman–Crippen LogP) is 3.79. The van der Waals surface area contributed by atoms with Gasteiger partial charge < -0.3 is 5.32 Å². The van der Waals surface area contributed by atoms with Gasteiger partial charge in [0.2, 0.25) is 0 Å². The Balaban J connectivity index is 2.81. The molecule has 1 N–H and O–H groups in total. The van der Waals surface area contributed by atoms with Gasteiger partial charge in [0.05, 0.1) is 0 Å². The zero-order chi connectivity index (χ0) is 12.7. The third-order valence-electron chi connectivity index (χ3n) is 3.09. The molecule has 0 aliphatic carbocycles. The first-order valence-electron chi connectivity index (χ1n) is 6.49. The van der Waals surface area contributed by atoms with Gasteiger partial charge in [-0.15, -0.1) is 0 Å². The predicted molar refractivity (Wildman–Crippen MR) is 74.1 cm³/mol. The summed E-state index contributed by atoms with van der Waals surface area (Å²) in [6.07, 6.45) is 7.02. The number of rotatable bonds is 7. The van der Waals surface area contributed by atoms with E-state index in [1.54, 1.807) is 0 Å². The Morgan fingerprint density at radius 3 is 2.82 bits per heavy atom. The minimum Gasteiger partial charge on any atom is -0.310 e. The highest BCUT2D eigenvalue weighted by Crippen LogP contribution is 2.23. The average molecular weight is 232 g/mol. The second-order valence-electron chi connectivity index (χ2n) is 4.55. The molecule has 17 heavy (non-hydrogen) atoms. The topological polar surface area (TPSA) is 24.9 Å². The van der Waals surface area contributed by atoms with E-state index in [1.165, 1.54) is 16.7 Å². The van der Waals surface area contributed by atoms with Gasteiger partial charge in [-0.2, -0.15) is 0 Å². The summed E-state index contributed by atoms with van der Waals surface area (Å²) in [5, 5.41) is 3.59. The van der Waals surface area contributed by atoms with Crippen LogP contribution < -0.4 is 5.32 Å². The molecule has 0 aliphatic heterocycles. The standard InChI is InChI=1S/C15H24N2/c1-5-8-17-15(10-12(3)6-2)14-11-16-9-7-13(14)4/h7,9,11,15,17H,3,5-6,8,10H2,1-2,4H3. The molecule has 0 amide bonds. The van der Waals surface area contributed by atoms with Crippen molar-refractivity contribution in [2.24, 2.45) is 0 Å². The summed E-state index contributed by atoms with van der Waals surface area (Å²) in [7, 11) is 0. The molecule has 1 atom stereocenters. The highest BCUT2D eigenvalue weighted by molar-refractivity contribution is 5.26. The van der Waals surface area contributed by atoms with Gasteiger partial charge in [0.1, 0.15) is 0 Å². The molecule has 0 bridgehead atoms. The molecule has 1 aromatic rings. The van der Waals surface area contributed by atoms with E-state index in [-0.39, 0.29) is 0 Å². The Morgan fingerprint density at radius 1 is 1.47 bits per heavy atom. The molecule has 2 nitrogen and oxygen atoms in total. The van der Waals surface area contributed by atoms with Crippen molar-refractivity contribution in [2.75, 3.05) is 6.54 Å². The number of hydrogen-bond donors (Lipinski definition) is 1. The molecule has 0 fully saturated rings. The second kappa shape index (κ2) is 7.23. The first-order valence-corrected chi connectivity index (χ1v) is 6.49. The minimum absolute atomic E-state index is 0.358. The third-order valence-corrected chi connectivity index (χ3v) is 3.09. The lowest BCUT2D eigenvalue weighted by molar-refractivity contribution is 0.520. The zero-order valence-corrected chi connectivity index (χ0v) is 11.3. The second-order valence-corrected chi connectivity index (χ2v) is 4.55. The fourth-order valence-electron chi connectivity index (χ4n) is 1.88. The lowest BCUT2D eigenvalue weighted by Crippen LogP contribution is -2.23. The van der Waals surface area contributed by atoms with Crippen molar-refractivity contribution in [3.63, 3.8) is 0 Å². The maximum atomic E-state index is 4.24. The van der Waals surface area contributed by atoms with Crippen LogP contribution in [-0.4, -0.2) is 11.5 Å². The largest absolute Gasteiger partial charge is 0.310 e. The fraction of sp³-hybridized carbons (Fsp3) is 0.533. The van der Waals surface area contributed by atoms with Crippen molar-refractivity contribution in [1.29, 1.82) is 0 Å². The Kier molecular flexibility index (Phi) is 5.92. The molecule has 0 saturated heterocycles. The van der Waals surface area contributed by atoms with E-state index in [2.05, 4.69) is 43.7 Å². The summed E-state index contributed by atoms with van der Waals surface area (Å²) >= 11 is 0. The fourth-order valence-corrected chi connectivity index (χ4v) is 1.88. The van der Waals surface area contributed by atoms with Crippen LogP contribution in [0.3, 0.4) is 0 Å². The molecule has 0 aliphatic rings. The summed E-state index contributed by atoms with van der Waals surface area (Å²) in [5.41, 5.74) is 3.90. The highest BCUT2D eigenvalue weighted by atomic mass is 14.9. The molecule has 1 heterocycles. The van der Waals surface area contributed by atoms with Gasteiger partial charge in [-0.25, -0.2) is 0 Å². The monoisotopic (exact) mass is 232 g/mol. The first kappa shape index (κ1) is 13.9. The molecule has 0 spiro atoms. The molecule has 1 aromatic heterocycles. The van der Waals surface area contributed by atoms with Crippen molar-refractivity contribution in [3.8, 4) is 0 Å². The lowest BCUT2D eigenvalue weighted by atomic mass is 9.96. The highest BCUT2D eigenvalue weighted by Gasteiger charge is 2.13. The average Bonchev–Trinajstić information content (AvgIpc) is 2.35. The molecule has 1 unspecified atom stereocenters. The Morgan fingerprint density at radius 2 is 2.24 bits per heavy atom. The van der Waals surface area contributed by atoms with Gasteiger partial charge in [-0.1, -0.05) is 26.0 Å². The van der Waals surface area contributed by atoms with Crippen molar-refractivity contribution >= 4 is 0 Å². The molecule has 94 valence electrons. The van der Waals surface area contributed by atoms with Crippen LogP contribution in [0.5, 0.6) is 0 Å². The minimum atomic E-state index is 0.358. The summed E-state index contributed by atoms with van der Waals surface area (Å²) in [5.74, 6) is 0. The molecule has 0 saturated carbocycles. The molecular weight excluding hydrogens is 208 g/mol. The normalized spacial score (nSPS) is 12.4. The molecule has 2 heteroatoms. The smallest absolute Gasteiger partial charge is 0.0375 e. The van der Waals surface area contributed by atoms with Crippen LogP contribution in [0.1, 0.15) is 50.3 Å². The van der Waals surface area contributed by atoms with Crippen molar-refractivity contribution in [2.45, 2.75) is 46.1 Å². The van der Waals surface area contributed by atoms with E-state index in [0.717, 1.165) is 25.8 Å². The Labute approximate surface area is 105 Å². The van der Waals surface area contributed by atoms with Gasteiger partial charge in [0, 0.05) is 18.4 Å². The number of aryl methyl sites for hydroxylation is 1. The van der Waals surface area contributed by atoms with Crippen LogP contribution in [0.4, 0.5) is 0 Å². The van der Waals surface area contributed by atoms with Crippen LogP contribution in [0.15, 0.2) is 30.6 Å². The summed E-state index contributed by atoms with van der Waals surface area (Å²) < 4.78 is 0. The third kappa shape index (κ3) is 4.31. The van der Waals surface area contributed by atoms with Gasteiger partial charge in [-0.05, 0) is 49.9 Å². The first-order chi connectivity index (χ1) is 8.19. The van der Waals surface area contributed by atoms with Crippen LogP contribution in [0.2, 0.25) is 0 Å². The van der Waals surface area contributed by atoms with E-state index < -0.39 is 0 Å². The van der Waals surface area contributed by atoms with Gasteiger partial charge in [-0.3, -0.25) is 4.98 Å². The lowest BCUT2D eigenvalue weighted by Gasteiger charge is -2.21. The quantitative estimate of drug-likeness (QED) is 0.724. The molecular formula is C15H24N2. The van der Waals surface area contributed by atoms with Crippen molar-refractivity contribution in [1.82, 2.24) is 10.3 Å². The Bertz CT molecular complexity index is 358. The van der Waals surface area contributed by atoms with Crippen LogP contribution in [0.25, 0.3) is 0 Å². The zero-order valence-electron chi connectivity index (χ0n) is 11.3. The maximum absolute atomic E-state index is 4.24. The van der Waals surface area contributed by atoms with Crippen molar-refractivity contribution in [3.05, 3.63) is 41.7 Å². The number of aromatic nitrogens is 1. The summed E-state index contributed by atoms with van der Waals surface area (Å²) in [6.45, 7) is 11.7. The SMILES string of the molecule is C=C(CC)CC(NCCC)c1cnccc1C. The number of hydrogen-bond acceptors (Lipinski definition) is 2. The molecule has 0 radical (unpaired) electrons. The van der Waals surface area contributed by atoms with Crippen molar-refractivity contribution < 1.29 is 0 Å². The number of pyridine rings is 1. The van der Waals surface area contributed by atoms with E-state index in [1.807, 2.05) is 12.4 Å². The van der Waals surface area contributed by atoms with E-state index in [4.69, 9.17) is 0 Å². The van der Waals surface area contributed by atoms with E-state index in [9.17, 15) is 0 Å². The van der Waals surface area contributed by atoms with E-state index in [0.29, 0.717) is 6.04 Å². The number of nitrogens with one attached hydrogen (secondary N) is 1.